The highest BCUT2D eigenvalue weighted by molar-refractivity contribution is 5.95. The van der Waals surface area contributed by atoms with E-state index in [2.05, 4.69) is 6.07 Å². The molecule has 21 heavy (non-hydrogen) atoms. The summed E-state index contributed by atoms with van der Waals surface area (Å²) in [7, 11) is 1.79. The number of likely N-dealkylation sites (N-methyl/N-ethyl adjacent to an activating group) is 1. The second kappa shape index (κ2) is 5.21. The third kappa shape index (κ3) is 2.38. The Labute approximate surface area is 123 Å². The Hall–Kier alpha value is -2.35. The minimum absolute atomic E-state index is 0.00862. The fraction of sp³-hybridized carbons (Fsp3) is 0.438. The van der Waals surface area contributed by atoms with Crippen LogP contribution in [0, 0.1) is 11.3 Å². The molecule has 2 atom stereocenters. The molecule has 5 heteroatoms. The third-order valence-electron chi connectivity index (χ3n) is 4.41. The Morgan fingerprint density at radius 3 is 2.86 bits per heavy atom. The molecule has 0 saturated carbocycles. The van der Waals surface area contributed by atoms with Gasteiger partial charge in [-0.2, -0.15) is 5.26 Å². The Balaban J connectivity index is 1.90. The van der Waals surface area contributed by atoms with Gasteiger partial charge in [-0.3, -0.25) is 9.59 Å². The zero-order chi connectivity index (χ0) is 15.0. The Morgan fingerprint density at radius 2 is 2.10 bits per heavy atom. The third-order valence-corrected chi connectivity index (χ3v) is 4.41. The van der Waals surface area contributed by atoms with Crippen LogP contribution in [0.3, 0.4) is 0 Å². The highest BCUT2D eigenvalue weighted by Crippen LogP contribution is 2.31. The van der Waals surface area contributed by atoms with Crippen LogP contribution < -0.4 is 0 Å². The van der Waals surface area contributed by atoms with Gasteiger partial charge in [-0.15, -0.1) is 0 Å². The molecule has 108 valence electrons. The van der Waals surface area contributed by atoms with E-state index in [0.29, 0.717) is 24.1 Å². The molecule has 2 bridgehead atoms. The second-order valence-electron chi connectivity index (χ2n) is 5.77. The predicted molar refractivity (Wildman–Crippen MR) is 76.4 cm³/mol. The van der Waals surface area contributed by atoms with Crippen molar-refractivity contribution in [1.82, 2.24) is 9.80 Å². The second-order valence-corrected chi connectivity index (χ2v) is 5.77. The van der Waals surface area contributed by atoms with E-state index in [0.717, 1.165) is 12.8 Å². The van der Waals surface area contributed by atoms with Crippen molar-refractivity contribution in [3.63, 3.8) is 0 Å². The molecule has 2 heterocycles. The van der Waals surface area contributed by atoms with Crippen LogP contribution in [-0.2, 0) is 4.79 Å². The Morgan fingerprint density at radius 1 is 1.33 bits per heavy atom. The van der Waals surface area contributed by atoms with Crippen molar-refractivity contribution in [1.29, 1.82) is 5.26 Å². The maximum atomic E-state index is 12.8. The van der Waals surface area contributed by atoms with Gasteiger partial charge in [-0.05, 0) is 31.0 Å². The number of nitrogens with zero attached hydrogens (tertiary/aromatic N) is 3. The summed E-state index contributed by atoms with van der Waals surface area (Å²) in [5.41, 5.74) is 1.01. The number of rotatable bonds is 1. The maximum Gasteiger partial charge on any atom is 0.254 e. The monoisotopic (exact) mass is 283 g/mol. The van der Waals surface area contributed by atoms with E-state index in [-0.39, 0.29) is 23.9 Å². The average Bonchev–Trinajstić information content (AvgIpc) is 2.83. The normalized spacial score (nSPS) is 24.7. The zero-order valence-corrected chi connectivity index (χ0v) is 12.0. The van der Waals surface area contributed by atoms with Crippen molar-refractivity contribution in [2.45, 2.75) is 31.3 Å². The van der Waals surface area contributed by atoms with Crippen LogP contribution in [0.15, 0.2) is 24.3 Å². The summed E-state index contributed by atoms with van der Waals surface area (Å²) in [6.07, 6.45) is 2.22. The molecular formula is C16H17N3O2. The minimum atomic E-state index is -0.0669. The van der Waals surface area contributed by atoms with Crippen LogP contribution in [0.1, 0.15) is 35.2 Å². The highest BCUT2D eigenvalue weighted by Gasteiger charge is 2.42. The molecule has 0 radical (unpaired) electrons. The topological polar surface area (TPSA) is 64.4 Å². The van der Waals surface area contributed by atoms with E-state index in [1.165, 1.54) is 0 Å². The van der Waals surface area contributed by atoms with E-state index in [4.69, 9.17) is 5.26 Å². The van der Waals surface area contributed by atoms with Gasteiger partial charge in [0.05, 0.1) is 11.6 Å². The fourth-order valence-electron chi connectivity index (χ4n) is 3.32. The first-order chi connectivity index (χ1) is 10.1. The lowest BCUT2D eigenvalue weighted by atomic mass is 10.1. The quantitative estimate of drug-likeness (QED) is 0.782. The van der Waals surface area contributed by atoms with Gasteiger partial charge in [0.2, 0.25) is 5.91 Å². The summed E-state index contributed by atoms with van der Waals surface area (Å²) >= 11 is 0. The number of hydrogen-bond donors (Lipinski definition) is 0. The zero-order valence-electron chi connectivity index (χ0n) is 12.0. The molecule has 0 spiro atoms. The molecule has 2 fully saturated rings. The molecule has 2 aliphatic heterocycles. The molecule has 0 aliphatic carbocycles. The molecule has 2 saturated heterocycles. The molecular weight excluding hydrogens is 266 g/mol. The van der Waals surface area contributed by atoms with Crippen LogP contribution in [-0.4, -0.2) is 47.3 Å². The van der Waals surface area contributed by atoms with Gasteiger partial charge in [-0.25, -0.2) is 0 Å². The van der Waals surface area contributed by atoms with E-state index in [1.54, 1.807) is 36.2 Å². The molecule has 2 aliphatic rings. The van der Waals surface area contributed by atoms with Crippen LogP contribution in [0.25, 0.3) is 0 Å². The van der Waals surface area contributed by atoms with Gasteiger partial charge in [0.15, 0.2) is 0 Å². The standard InChI is InChI=1S/C16H17N3O2/c1-18-10-14-6-5-13(8-15(18)20)19(14)16(21)12-4-2-3-11(7-12)9-17/h2-4,7,13-14H,5-6,8,10H2,1H3/t13-,14+/m1/s1. The Bertz CT molecular complexity index is 635. The molecule has 0 aromatic heterocycles. The van der Waals surface area contributed by atoms with Gasteiger partial charge in [0.1, 0.15) is 0 Å². The average molecular weight is 283 g/mol. The molecule has 0 N–H and O–H groups in total. The van der Waals surface area contributed by atoms with Crippen molar-refractivity contribution in [2.24, 2.45) is 0 Å². The lowest BCUT2D eigenvalue weighted by molar-refractivity contribution is -0.130. The molecule has 2 amide bonds. The predicted octanol–water partition coefficient (Wildman–Crippen LogP) is 1.39. The number of amides is 2. The summed E-state index contributed by atoms with van der Waals surface area (Å²) in [5.74, 6) is 0.0356. The summed E-state index contributed by atoms with van der Waals surface area (Å²) < 4.78 is 0. The van der Waals surface area contributed by atoms with Crippen molar-refractivity contribution in [3.05, 3.63) is 35.4 Å². The van der Waals surface area contributed by atoms with Gasteiger partial charge >= 0.3 is 0 Å². The largest absolute Gasteiger partial charge is 0.344 e. The Kier molecular flexibility index (Phi) is 3.38. The van der Waals surface area contributed by atoms with Gasteiger partial charge in [0, 0.05) is 37.7 Å². The minimum Gasteiger partial charge on any atom is -0.344 e. The van der Waals surface area contributed by atoms with Gasteiger partial charge in [0.25, 0.3) is 5.91 Å². The first kappa shape index (κ1) is 13.6. The van der Waals surface area contributed by atoms with E-state index < -0.39 is 0 Å². The highest BCUT2D eigenvalue weighted by atomic mass is 16.2. The molecule has 0 unspecified atom stereocenters. The SMILES string of the molecule is CN1C[C@@H]2CC[C@H](CC1=O)N2C(=O)c1cccc(C#N)c1. The lowest BCUT2D eigenvalue weighted by Gasteiger charge is -2.28. The lowest BCUT2D eigenvalue weighted by Crippen LogP contribution is -2.42. The number of nitriles is 1. The number of carbonyl (C=O) groups is 2. The van der Waals surface area contributed by atoms with Crippen LogP contribution in [0.5, 0.6) is 0 Å². The number of likely N-dealkylation sites (tertiary alicyclic amines) is 1. The molecule has 3 rings (SSSR count). The van der Waals surface area contributed by atoms with E-state index in [9.17, 15) is 9.59 Å². The summed E-state index contributed by atoms with van der Waals surface area (Å²) in [5, 5.41) is 8.96. The van der Waals surface area contributed by atoms with Crippen molar-refractivity contribution in [2.75, 3.05) is 13.6 Å². The number of carbonyl (C=O) groups excluding carboxylic acids is 2. The van der Waals surface area contributed by atoms with Gasteiger partial charge in [-0.1, -0.05) is 6.07 Å². The van der Waals surface area contributed by atoms with Gasteiger partial charge < -0.3 is 9.80 Å². The smallest absolute Gasteiger partial charge is 0.254 e. The van der Waals surface area contributed by atoms with Crippen LogP contribution in [0.4, 0.5) is 0 Å². The summed E-state index contributed by atoms with van der Waals surface area (Å²) in [6.45, 7) is 0.596. The van der Waals surface area contributed by atoms with Crippen LogP contribution in [0.2, 0.25) is 0 Å². The van der Waals surface area contributed by atoms with Crippen molar-refractivity contribution >= 4 is 11.8 Å². The van der Waals surface area contributed by atoms with Crippen molar-refractivity contribution in [3.8, 4) is 6.07 Å². The number of hydrogen-bond acceptors (Lipinski definition) is 3. The fourth-order valence-corrected chi connectivity index (χ4v) is 3.32. The molecule has 5 nitrogen and oxygen atoms in total. The molecule has 1 aromatic rings. The summed E-state index contributed by atoms with van der Waals surface area (Å²) in [6, 6.07) is 8.90. The van der Waals surface area contributed by atoms with Crippen molar-refractivity contribution < 1.29 is 9.59 Å². The number of fused-ring (bicyclic) bond motifs is 2. The maximum absolute atomic E-state index is 12.8. The first-order valence-corrected chi connectivity index (χ1v) is 7.17. The molecule has 1 aromatic carbocycles. The first-order valence-electron chi connectivity index (χ1n) is 7.17. The van der Waals surface area contributed by atoms with Crippen LogP contribution >= 0.6 is 0 Å². The van der Waals surface area contributed by atoms with E-state index >= 15 is 0 Å². The summed E-state index contributed by atoms with van der Waals surface area (Å²) in [4.78, 5) is 28.3. The number of benzene rings is 1. The van der Waals surface area contributed by atoms with E-state index in [1.807, 2.05) is 4.90 Å².